The van der Waals surface area contributed by atoms with Gasteiger partial charge < -0.3 is 20.6 Å². The second-order valence-corrected chi connectivity index (χ2v) is 7.16. The molecule has 1 aliphatic rings. The number of hydrogen-bond donors (Lipinski definition) is 2. The van der Waals surface area contributed by atoms with E-state index in [4.69, 9.17) is 29.0 Å². The van der Waals surface area contributed by atoms with E-state index < -0.39 is 10.4 Å². The molecular weight excluding hydrogens is 296 g/mol. The molecule has 1 aliphatic heterocycles. The second-order valence-electron chi connectivity index (χ2n) is 6.34. The quantitative estimate of drug-likeness (QED) is 0.320. The van der Waals surface area contributed by atoms with Crippen LogP contribution in [0.5, 0.6) is 0 Å². The third-order valence-electron chi connectivity index (χ3n) is 3.66. The van der Waals surface area contributed by atoms with Crippen molar-refractivity contribution in [1.29, 1.82) is 0 Å². The molecule has 4 N–H and O–H groups in total. The average Bonchev–Trinajstić information content (AvgIpc) is 2.18. The van der Waals surface area contributed by atoms with Gasteiger partial charge in [0.1, 0.15) is 0 Å². The van der Waals surface area contributed by atoms with E-state index in [2.05, 4.69) is 37.6 Å². The molecule has 9 heteroatoms. The zero-order valence-electron chi connectivity index (χ0n) is 13.1. The predicted molar refractivity (Wildman–Crippen MR) is 79.9 cm³/mol. The highest BCUT2D eigenvalue weighted by molar-refractivity contribution is 7.79. The zero-order chi connectivity index (χ0) is 16.9. The van der Waals surface area contributed by atoms with Gasteiger partial charge in [-0.05, 0) is 47.0 Å². The van der Waals surface area contributed by atoms with E-state index in [1.165, 1.54) is 19.3 Å². The van der Waals surface area contributed by atoms with E-state index in [1.54, 1.807) is 0 Å². The fraction of sp³-hybridized carbons (Fsp3) is 0.917. The van der Waals surface area contributed by atoms with Gasteiger partial charge in [0, 0.05) is 28.0 Å². The Balaban J connectivity index is 0.000000690. The van der Waals surface area contributed by atoms with Gasteiger partial charge in [-0.25, -0.2) is 0 Å². The smallest absolute Gasteiger partial charge is 0.185 e. The van der Waals surface area contributed by atoms with Crippen molar-refractivity contribution < 1.29 is 17.5 Å². The number of nitrogens with two attached hydrogens (primary N) is 2. The Kier molecular flexibility index (Phi) is 7.07. The largest absolute Gasteiger partial charge is 0.759 e. The molecule has 0 spiro atoms. The number of guanidine groups is 1. The Labute approximate surface area is 127 Å². The fourth-order valence-electron chi connectivity index (χ4n) is 2.93. The standard InChI is InChI=1S/C12H26N4.H2O4S/c1-11(2)6-5-7-12(3,4)16(11)9-8-15-10(13)14;1-5(2,3)4/h5-9H2,1-4H3,(H4,13,14,15);(H2,1,2,3,4)/p-2. The molecule has 0 aliphatic carbocycles. The van der Waals surface area contributed by atoms with Crippen molar-refractivity contribution in [3.05, 3.63) is 0 Å². The lowest BCUT2D eigenvalue weighted by Crippen LogP contribution is -2.59. The van der Waals surface area contributed by atoms with Gasteiger partial charge in [-0.15, -0.1) is 0 Å². The Morgan fingerprint density at radius 3 is 1.86 bits per heavy atom. The summed E-state index contributed by atoms with van der Waals surface area (Å²) in [7, 11) is -5.17. The highest BCUT2D eigenvalue weighted by atomic mass is 32.3. The van der Waals surface area contributed by atoms with Crippen LogP contribution in [0.3, 0.4) is 0 Å². The number of aliphatic imine (C=N–C) groups is 1. The van der Waals surface area contributed by atoms with Gasteiger partial charge in [0.15, 0.2) is 5.96 Å². The van der Waals surface area contributed by atoms with Gasteiger partial charge in [-0.1, -0.05) is 0 Å². The predicted octanol–water partition coefficient (Wildman–Crippen LogP) is -0.0351. The maximum atomic E-state index is 8.52. The van der Waals surface area contributed by atoms with Crippen LogP contribution < -0.4 is 11.5 Å². The molecule has 0 unspecified atom stereocenters. The summed E-state index contributed by atoms with van der Waals surface area (Å²) in [6.45, 7) is 10.9. The first-order valence-corrected chi connectivity index (χ1v) is 8.09. The molecule has 1 rings (SSSR count). The van der Waals surface area contributed by atoms with Crippen LogP contribution in [0.2, 0.25) is 0 Å². The van der Waals surface area contributed by atoms with Crippen LogP contribution in [0, 0.1) is 0 Å². The molecule has 126 valence electrons. The Morgan fingerprint density at radius 1 is 1.14 bits per heavy atom. The van der Waals surface area contributed by atoms with Crippen LogP contribution >= 0.6 is 0 Å². The van der Waals surface area contributed by atoms with Crippen LogP contribution in [0.1, 0.15) is 47.0 Å². The summed E-state index contributed by atoms with van der Waals surface area (Å²) in [5, 5.41) is 0. The SMILES string of the molecule is CC1(C)CCCC(C)(C)N1CCN=C(N)N.O=S(=O)([O-])[O-]. The van der Waals surface area contributed by atoms with Crippen LogP contribution in [-0.2, 0) is 10.4 Å². The van der Waals surface area contributed by atoms with Crippen molar-refractivity contribution in [1.82, 2.24) is 4.90 Å². The molecule has 8 nitrogen and oxygen atoms in total. The summed E-state index contributed by atoms with van der Waals surface area (Å²) >= 11 is 0. The van der Waals surface area contributed by atoms with Gasteiger partial charge in [0.2, 0.25) is 0 Å². The van der Waals surface area contributed by atoms with Crippen LogP contribution in [0.15, 0.2) is 4.99 Å². The second kappa shape index (κ2) is 7.39. The summed E-state index contributed by atoms with van der Waals surface area (Å²) in [6, 6.07) is 0. The maximum absolute atomic E-state index is 8.52. The zero-order valence-corrected chi connectivity index (χ0v) is 13.9. The van der Waals surface area contributed by atoms with Crippen molar-refractivity contribution in [2.24, 2.45) is 16.5 Å². The van der Waals surface area contributed by atoms with Crippen molar-refractivity contribution in [2.75, 3.05) is 13.1 Å². The molecule has 1 saturated heterocycles. The number of rotatable bonds is 3. The van der Waals surface area contributed by atoms with E-state index in [0.29, 0.717) is 6.54 Å². The van der Waals surface area contributed by atoms with E-state index in [1.807, 2.05) is 0 Å². The summed E-state index contributed by atoms with van der Waals surface area (Å²) in [4.78, 5) is 6.62. The molecule has 0 saturated carbocycles. The van der Waals surface area contributed by atoms with Gasteiger partial charge in [-0.2, -0.15) is 0 Å². The topological polar surface area (TPSA) is 148 Å². The van der Waals surface area contributed by atoms with Gasteiger partial charge >= 0.3 is 0 Å². The third-order valence-corrected chi connectivity index (χ3v) is 3.66. The first-order valence-electron chi connectivity index (χ1n) is 6.75. The van der Waals surface area contributed by atoms with Crippen LogP contribution in [-0.4, -0.2) is 52.6 Å². The summed E-state index contributed by atoms with van der Waals surface area (Å²) < 4.78 is 34.1. The minimum absolute atomic E-state index is 0.188. The van der Waals surface area contributed by atoms with Crippen molar-refractivity contribution in [3.63, 3.8) is 0 Å². The maximum Gasteiger partial charge on any atom is 0.185 e. The lowest BCUT2D eigenvalue weighted by molar-refractivity contribution is -0.0236. The molecule has 0 atom stereocenters. The molecule has 0 aromatic carbocycles. The first-order chi connectivity index (χ1) is 9.26. The number of piperidine rings is 1. The van der Waals surface area contributed by atoms with E-state index in [0.717, 1.165) is 6.54 Å². The minimum atomic E-state index is -5.17. The lowest BCUT2D eigenvalue weighted by Gasteiger charge is -2.52. The summed E-state index contributed by atoms with van der Waals surface area (Å²) in [6.07, 6.45) is 3.80. The molecule has 0 bridgehead atoms. The van der Waals surface area contributed by atoms with Gasteiger partial charge in [0.25, 0.3) is 0 Å². The minimum Gasteiger partial charge on any atom is -0.759 e. The molecule has 0 amide bonds. The number of hydrogen-bond acceptors (Lipinski definition) is 6. The highest BCUT2D eigenvalue weighted by Crippen LogP contribution is 2.37. The normalized spacial score (nSPS) is 21.0. The first kappa shape index (κ1) is 20.1. The average molecular weight is 322 g/mol. The Bertz CT molecular complexity index is 432. The molecular formula is C12H26N4O4S-2. The van der Waals surface area contributed by atoms with E-state index in [9.17, 15) is 0 Å². The van der Waals surface area contributed by atoms with Gasteiger partial charge in [0.05, 0.1) is 6.54 Å². The lowest BCUT2D eigenvalue weighted by atomic mass is 9.80. The Hall–Kier alpha value is -0.900. The molecule has 0 aromatic heterocycles. The summed E-state index contributed by atoms with van der Waals surface area (Å²) in [5.41, 5.74) is 11.2. The van der Waals surface area contributed by atoms with Crippen LogP contribution in [0.25, 0.3) is 0 Å². The van der Waals surface area contributed by atoms with Crippen molar-refractivity contribution in [3.8, 4) is 0 Å². The van der Waals surface area contributed by atoms with E-state index in [-0.39, 0.29) is 17.0 Å². The number of likely N-dealkylation sites (tertiary alicyclic amines) is 1. The third kappa shape index (κ3) is 8.86. The molecule has 0 aromatic rings. The highest BCUT2D eigenvalue weighted by Gasteiger charge is 2.40. The van der Waals surface area contributed by atoms with Crippen molar-refractivity contribution in [2.45, 2.75) is 58.0 Å². The van der Waals surface area contributed by atoms with Crippen molar-refractivity contribution >= 4 is 16.4 Å². The Morgan fingerprint density at radius 2 is 1.52 bits per heavy atom. The molecule has 0 radical (unpaired) electrons. The summed E-state index contributed by atoms with van der Waals surface area (Å²) in [5.74, 6) is 0.188. The molecule has 1 fully saturated rings. The monoisotopic (exact) mass is 322 g/mol. The van der Waals surface area contributed by atoms with E-state index >= 15 is 0 Å². The van der Waals surface area contributed by atoms with Crippen LogP contribution in [0.4, 0.5) is 0 Å². The molecule has 21 heavy (non-hydrogen) atoms. The van der Waals surface area contributed by atoms with Gasteiger partial charge in [-0.3, -0.25) is 18.3 Å². The molecule has 1 heterocycles. The number of nitrogens with zero attached hydrogens (tertiary/aromatic N) is 2. The fourth-order valence-corrected chi connectivity index (χ4v) is 2.93.